The van der Waals surface area contributed by atoms with Crippen LogP contribution < -0.4 is 4.74 Å². The number of aromatic nitrogens is 2. The summed E-state index contributed by atoms with van der Waals surface area (Å²) in [5, 5.41) is 0. The Morgan fingerprint density at radius 3 is 2.58 bits per heavy atom. The normalized spacial score (nSPS) is 10.1. The standard InChI is InChI=1S/C13H11FN2O3/c1-8-15-6-10(7-16-8)19-12-4-3-9(14)5-11(12)13(17)18-2/h3-7H,1-2H3. The van der Waals surface area contributed by atoms with Crippen molar-refractivity contribution in [3.8, 4) is 11.5 Å². The molecule has 0 fully saturated rings. The average molecular weight is 262 g/mol. The van der Waals surface area contributed by atoms with Gasteiger partial charge in [0.2, 0.25) is 0 Å². The summed E-state index contributed by atoms with van der Waals surface area (Å²) >= 11 is 0. The molecular formula is C13H11FN2O3. The number of ether oxygens (including phenoxy) is 2. The molecule has 6 heteroatoms. The van der Waals surface area contributed by atoms with Crippen LogP contribution in [0, 0.1) is 12.7 Å². The smallest absolute Gasteiger partial charge is 0.341 e. The van der Waals surface area contributed by atoms with Gasteiger partial charge in [-0.25, -0.2) is 19.2 Å². The number of benzene rings is 1. The van der Waals surface area contributed by atoms with Crippen molar-refractivity contribution in [2.45, 2.75) is 6.92 Å². The van der Waals surface area contributed by atoms with Crippen molar-refractivity contribution >= 4 is 5.97 Å². The highest BCUT2D eigenvalue weighted by Crippen LogP contribution is 2.25. The summed E-state index contributed by atoms with van der Waals surface area (Å²) in [6, 6.07) is 3.59. The van der Waals surface area contributed by atoms with Crippen LogP contribution in [0.4, 0.5) is 4.39 Å². The molecule has 0 saturated heterocycles. The molecule has 0 aliphatic rings. The van der Waals surface area contributed by atoms with Gasteiger partial charge in [-0.1, -0.05) is 0 Å². The average Bonchev–Trinajstić information content (AvgIpc) is 2.42. The Hall–Kier alpha value is -2.50. The molecule has 5 nitrogen and oxygen atoms in total. The van der Waals surface area contributed by atoms with Crippen LogP contribution in [0.25, 0.3) is 0 Å². The molecule has 2 aromatic rings. The van der Waals surface area contributed by atoms with Crippen molar-refractivity contribution < 1.29 is 18.7 Å². The first-order valence-electron chi connectivity index (χ1n) is 5.44. The van der Waals surface area contributed by atoms with Gasteiger partial charge in [-0.15, -0.1) is 0 Å². The zero-order valence-corrected chi connectivity index (χ0v) is 10.4. The van der Waals surface area contributed by atoms with E-state index in [9.17, 15) is 9.18 Å². The molecule has 0 unspecified atom stereocenters. The van der Waals surface area contributed by atoms with E-state index in [-0.39, 0.29) is 11.3 Å². The number of methoxy groups -OCH3 is 1. The Morgan fingerprint density at radius 1 is 1.26 bits per heavy atom. The largest absolute Gasteiger partial charge is 0.465 e. The molecular weight excluding hydrogens is 251 g/mol. The van der Waals surface area contributed by atoms with Crippen LogP contribution in [0.5, 0.6) is 11.5 Å². The van der Waals surface area contributed by atoms with Crippen LogP contribution >= 0.6 is 0 Å². The number of aryl methyl sites for hydroxylation is 1. The molecule has 0 saturated carbocycles. The van der Waals surface area contributed by atoms with Crippen LogP contribution in [0.1, 0.15) is 16.2 Å². The maximum Gasteiger partial charge on any atom is 0.341 e. The summed E-state index contributed by atoms with van der Waals surface area (Å²) < 4.78 is 23.2. The van der Waals surface area contributed by atoms with E-state index in [1.807, 2.05) is 0 Å². The Morgan fingerprint density at radius 2 is 1.95 bits per heavy atom. The van der Waals surface area contributed by atoms with E-state index in [0.717, 1.165) is 6.07 Å². The van der Waals surface area contributed by atoms with Crippen LogP contribution in [-0.4, -0.2) is 23.0 Å². The van der Waals surface area contributed by atoms with Crippen molar-refractivity contribution in [2.24, 2.45) is 0 Å². The van der Waals surface area contributed by atoms with E-state index < -0.39 is 11.8 Å². The lowest BCUT2D eigenvalue weighted by atomic mass is 10.2. The molecule has 1 aromatic heterocycles. The number of nitrogens with zero attached hydrogens (tertiary/aromatic N) is 2. The first-order chi connectivity index (χ1) is 9.10. The summed E-state index contributed by atoms with van der Waals surface area (Å²) in [6.07, 6.45) is 2.93. The number of rotatable bonds is 3. The lowest BCUT2D eigenvalue weighted by molar-refractivity contribution is 0.0597. The topological polar surface area (TPSA) is 61.3 Å². The van der Waals surface area contributed by atoms with Gasteiger partial charge in [0.1, 0.15) is 23.0 Å². The third kappa shape index (κ3) is 3.04. The third-order valence-corrected chi connectivity index (χ3v) is 2.33. The van der Waals surface area contributed by atoms with Crippen molar-refractivity contribution in [2.75, 3.05) is 7.11 Å². The monoisotopic (exact) mass is 262 g/mol. The minimum Gasteiger partial charge on any atom is -0.465 e. The fraction of sp³-hybridized carbons (Fsp3) is 0.154. The maximum absolute atomic E-state index is 13.1. The van der Waals surface area contributed by atoms with Gasteiger partial charge >= 0.3 is 5.97 Å². The second kappa shape index (κ2) is 5.43. The van der Waals surface area contributed by atoms with Crippen molar-refractivity contribution in [3.05, 3.63) is 47.8 Å². The Bertz CT molecular complexity index is 599. The van der Waals surface area contributed by atoms with Crippen LogP contribution in [0.2, 0.25) is 0 Å². The molecule has 0 aliphatic carbocycles. The summed E-state index contributed by atoms with van der Waals surface area (Å²) in [7, 11) is 1.21. The van der Waals surface area contributed by atoms with Gasteiger partial charge < -0.3 is 9.47 Å². The highest BCUT2D eigenvalue weighted by atomic mass is 19.1. The molecule has 1 heterocycles. The van der Waals surface area contributed by atoms with E-state index >= 15 is 0 Å². The fourth-order valence-electron chi connectivity index (χ4n) is 1.42. The van der Waals surface area contributed by atoms with E-state index in [1.165, 1.54) is 31.6 Å². The van der Waals surface area contributed by atoms with Gasteiger partial charge in [-0.2, -0.15) is 0 Å². The number of halogens is 1. The van der Waals surface area contributed by atoms with Gasteiger partial charge in [-0.3, -0.25) is 0 Å². The molecule has 98 valence electrons. The lowest BCUT2D eigenvalue weighted by Gasteiger charge is -2.09. The van der Waals surface area contributed by atoms with Crippen LogP contribution in [0.15, 0.2) is 30.6 Å². The van der Waals surface area contributed by atoms with Gasteiger partial charge in [0, 0.05) is 0 Å². The first-order valence-corrected chi connectivity index (χ1v) is 5.44. The van der Waals surface area contributed by atoms with Crippen LogP contribution in [-0.2, 0) is 4.74 Å². The Labute approximate surface area is 109 Å². The SMILES string of the molecule is COC(=O)c1cc(F)ccc1Oc1cnc(C)nc1. The molecule has 0 N–H and O–H groups in total. The minimum absolute atomic E-state index is 0.00285. The summed E-state index contributed by atoms with van der Waals surface area (Å²) in [5.74, 6) is -0.0989. The molecule has 19 heavy (non-hydrogen) atoms. The number of carbonyl (C=O) groups is 1. The number of carbonyl (C=O) groups excluding carboxylic acids is 1. The van der Waals surface area contributed by atoms with Crippen molar-refractivity contribution in [3.63, 3.8) is 0 Å². The van der Waals surface area contributed by atoms with E-state index in [4.69, 9.17) is 4.74 Å². The lowest BCUT2D eigenvalue weighted by Crippen LogP contribution is -2.04. The maximum atomic E-state index is 13.1. The van der Waals surface area contributed by atoms with E-state index in [1.54, 1.807) is 6.92 Å². The van der Waals surface area contributed by atoms with Gasteiger partial charge in [0.05, 0.1) is 19.5 Å². The quantitative estimate of drug-likeness (QED) is 0.795. The predicted octanol–water partition coefficient (Wildman–Crippen LogP) is 2.50. The molecule has 0 aliphatic heterocycles. The Kier molecular flexibility index (Phi) is 3.70. The van der Waals surface area contributed by atoms with Gasteiger partial charge in [0.15, 0.2) is 5.75 Å². The molecule has 0 radical (unpaired) electrons. The molecule has 1 aromatic carbocycles. The summed E-state index contributed by atoms with van der Waals surface area (Å²) in [6.45, 7) is 1.74. The zero-order valence-electron chi connectivity index (χ0n) is 10.4. The fourth-order valence-corrected chi connectivity index (χ4v) is 1.42. The van der Waals surface area contributed by atoms with Gasteiger partial charge in [-0.05, 0) is 25.1 Å². The number of hydrogen-bond acceptors (Lipinski definition) is 5. The highest BCUT2D eigenvalue weighted by molar-refractivity contribution is 5.92. The van der Waals surface area contributed by atoms with E-state index in [2.05, 4.69) is 14.7 Å². The predicted molar refractivity (Wildman–Crippen MR) is 64.6 cm³/mol. The molecule has 0 spiro atoms. The van der Waals surface area contributed by atoms with E-state index in [0.29, 0.717) is 11.6 Å². The van der Waals surface area contributed by atoms with Crippen LogP contribution in [0.3, 0.4) is 0 Å². The second-order valence-electron chi connectivity index (χ2n) is 3.70. The summed E-state index contributed by atoms with van der Waals surface area (Å²) in [5.41, 5.74) is 0.00285. The van der Waals surface area contributed by atoms with Gasteiger partial charge in [0.25, 0.3) is 0 Å². The third-order valence-electron chi connectivity index (χ3n) is 2.33. The highest BCUT2D eigenvalue weighted by Gasteiger charge is 2.15. The van der Waals surface area contributed by atoms with Crippen molar-refractivity contribution in [1.82, 2.24) is 9.97 Å². The molecule has 2 rings (SSSR count). The number of esters is 1. The number of hydrogen-bond donors (Lipinski definition) is 0. The minimum atomic E-state index is -0.678. The molecule has 0 bridgehead atoms. The zero-order chi connectivity index (χ0) is 13.8. The first kappa shape index (κ1) is 12.9. The Balaban J connectivity index is 2.34. The van der Waals surface area contributed by atoms with Crippen molar-refractivity contribution in [1.29, 1.82) is 0 Å². The summed E-state index contributed by atoms with van der Waals surface area (Å²) in [4.78, 5) is 19.5. The molecule has 0 atom stereocenters. The molecule has 0 amide bonds. The second-order valence-corrected chi connectivity index (χ2v) is 3.70.